The van der Waals surface area contributed by atoms with Crippen LogP contribution in [0.1, 0.15) is 10.4 Å². The number of thioether (sulfide) groups is 1. The van der Waals surface area contributed by atoms with Gasteiger partial charge in [0.2, 0.25) is 6.79 Å². The summed E-state index contributed by atoms with van der Waals surface area (Å²) in [6.45, 7) is 0.190. The van der Waals surface area contributed by atoms with Gasteiger partial charge in [-0.1, -0.05) is 17.8 Å². The van der Waals surface area contributed by atoms with E-state index in [1.54, 1.807) is 18.2 Å². The average molecular weight is 346 g/mol. The molecule has 0 amide bonds. The summed E-state index contributed by atoms with van der Waals surface area (Å²) in [4.78, 5) is 13.2. The second-order valence-electron chi connectivity index (χ2n) is 4.63. The molecule has 0 fully saturated rings. The van der Waals surface area contributed by atoms with Gasteiger partial charge >= 0.3 is 0 Å². The summed E-state index contributed by atoms with van der Waals surface area (Å²) < 4.78 is 16.0. The molecule has 23 heavy (non-hydrogen) atoms. The van der Waals surface area contributed by atoms with Crippen molar-refractivity contribution in [1.82, 2.24) is 10.2 Å². The van der Waals surface area contributed by atoms with Crippen molar-refractivity contribution in [3.63, 3.8) is 0 Å². The number of carbonyl (C=O) groups excluding carboxylic acids is 1. The molecule has 0 bridgehead atoms. The summed E-state index contributed by atoms with van der Waals surface area (Å²) in [7, 11) is 0. The van der Waals surface area contributed by atoms with E-state index in [2.05, 4.69) is 10.2 Å². The third-order valence-corrected chi connectivity index (χ3v) is 4.84. The SMILES string of the molecule is O=C(CSc1nnc(-c2cccs2)o1)c1ccc2c(c1)OCO2. The monoisotopic (exact) mass is 346 g/mol. The van der Waals surface area contributed by atoms with Crippen molar-refractivity contribution in [3.05, 3.63) is 41.3 Å². The molecule has 3 aromatic rings. The molecule has 2 aromatic heterocycles. The Morgan fingerprint density at radius 2 is 2.13 bits per heavy atom. The molecule has 4 rings (SSSR count). The van der Waals surface area contributed by atoms with Gasteiger partial charge in [0.05, 0.1) is 10.6 Å². The minimum Gasteiger partial charge on any atom is -0.454 e. The molecule has 0 spiro atoms. The van der Waals surface area contributed by atoms with E-state index in [0.717, 1.165) is 4.88 Å². The zero-order valence-electron chi connectivity index (χ0n) is 11.7. The van der Waals surface area contributed by atoms with Crippen molar-refractivity contribution in [2.75, 3.05) is 12.5 Å². The van der Waals surface area contributed by atoms with Crippen LogP contribution in [0, 0.1) is 0 Å². The van der Waals surface area contributed by atoms with Crippen LogP contribution in [0.25, 0.3) is 10.8 Å². The van der Waals surface area contributed by atoms with Crippen LogP contribution in [-0.4, -0.2) is 28.5 Å². The molecule has 1 aliphatic rings. The van der Waals surface area contributed by atoms with E-state index in [-0.39, 0.29) is 18.3 Å². The van der Waals surface area contributed by atoms with E-state index in [1.165, 1.54) is 23.1 Å². The lowest BCUT2D eigenvalue weighted by atomic mass is 10.1. The number of fused-ring (bicyclic) bond motifs is 1. The number of rotatable bonds is 5. The first-order chi connectivity index (χ1) is 11.3. The number of hydrogen-bond donors (Lipinski definition) is 0. The van der Waals surface area contributed by atoms with Crippen LogP contribution in [0.3, 0.4) is 0 Å². The lowest BCUT2D eigenvalue weighted by Crippen LogP contribution is -2.02. The molecule has 8 heteroatoms. The Hall–Kier alpha value is -2.32. The number of ether oxygens (including phenoxy) is 2. The number of carbonyl (C=O) groups is 1. The van der Waals surface area contributed by atoms with Crippen molar-refractivity contribution in [3.8, 4) is 22.3 Å². The van der Waals surface area contributed by atoms with Gasteiger partial charge < -0.3 is 13.9 Å². The molecule has 0 saturated heterocycles. The molecule has 116 valence electrons. The first-order valence-corrected chi connectivity index (χ1v) is 8.59. The van der Waals surface area contributed by atoms with Gasteiger partial charge in [-0.3, -0.25) is 4.79 Å². The van der Waals surface area contributed by atoms with Crippen molar-refractivity contribution in [1.29, 1.82) is 0 Å². The first-order valence-electron chi connectivity index (χ1n) is 6.72. The van der Waals surface area contributed by atoms with Crippen molar-refractivity contribution in [2.45, 2.75) is 5.22 Å². The zero-order chi connectivity index (χ0) is 15.6. The molecular formula is C15H10N2O4S2. The zero-order valence-corrected chi connectivity index (χ0v) is 13.4. The lowest BCUT2D eigenvalue weighted by molar-refractivity contribution is 0.102. The third kappa shape index (κ3) is 2.95. The predicted molar refractivity (Wildman–Crippen MR) is 85.2 cm³/mol. The maximum atomic E-state index is 12.2. The van der Waals surface area contributed by atoms with Gasteiger partial charge in [-0.05, 0) is 29.6 Å². The summed E-state index contributed by atoms with van der Waals surface area (Å²) in [5.74, 6) is 1.90. The van der Waals surface area contributed by atoms with Crippen LogP contribution in [0.5, 0.6) is 11.5 Å². The fraction of sp³-hybridized carbons (Fsp3) is 0.133. The van der Waals surface area contributed by atoms with Crippen LogP contribution in [-0.2, 0) is 0 Å². The number of Topliss-reactive ketones (excluding diaryl/α,β-unsaturated/α-hetero) is 1. The standard InChI is InChI=1S/C15H10N2O4S2/c18-10(9-3-4-11-12(6-9)20-8-19-11)7-23-15-17-16-14(21-15)13-2-1-5-22-13/h1-6H,7-8H2. The van der Waals surface area contributed by atoms with E-state index in [0.29, 0.717) is 28.2 Å². The molecule has 0 saturated carbocycles. The third-order valence-electron chi connectivity index (χ3n) is 3.16. The number of hydrogen-bond acceptors (Lipinski definition) is 8. The second-order valence-corrected chi connectivity index (χ2v) is 6.50. The molecule has 1 aliphatic heterocycles. The Balaban J connectivity index is 1.42. The summed E-state index contributed by atoms with van der Waals surface area (Å²) in [6, 6.07) is 8.98. The van der Waals surface area contributed by atoms with Crippen LogP contribution in [0.4, 0.5) is 0 Å². The number of thiophene rings is 1. The first kappa shape index (κ1) is 14.3. The van der Waals surface area contributed by atoms with Crippen molar-refractivity contribution < 1.29 is 18.7 Å². The van der Waals surface area contributed by atoms with Crippen LogP contribution in [0.15, 0.2) is 45.4 Å². The second kappa shape index (κ2) is 6.05. The fourth-order valence-electron chi connectivity index (χ4n) is 2.05. The minimum absolute atomic E-state index is 0.0378. The fourth-order valence-corrected chi connectivity index (χ4v) is 3.35. The molecule has 0 unspecified atom stereocenters. The summed E-state index contributed by atoms with van der Waals surface area (Å²) in [5.41, 5.74) is 0.569. The molecule has 0 aliphatic carbocycles. The van der Waals surface area contributed by atoms with Crippen LogP contribution >= 0.6 is 23.1 Å². The highest BCUT2D eigenvalue weighted by Gasteiger charge is 2.17. The largest absolute Gasteiger partial charge is 0.454 e. The quantitative estimate of drug-likeness (QED) is 0.517. The molecule has 0 atom stereocenters. The maximum absolute atomic E-state index is 12.2. The van der Waals surface area contributed by atoms with Gasteiger partial charge in [-0.25, -0.2) is 0 Å². The number of ketones is 1. The average Bonchev–Trinajstić information content (AvgIpc) is 3.32. The number of nitrogens with zero attached hydrogens (tertiary/aromatic N) is 2. The Morgan fingerprint density at radius 1 is 1.22 bits per heavy atom. The Labute approximate surface area is 139 Å². The van der Waals surface area contributed by atoms with Gasteiger partial charge in [0.15, 0.2) is 17.3 Å². The smallest absolute Gasteiger partial charge is 0.277 e. The molecule has 0 radical (unpaired) electrons. The highest BCUT2D eigenvalue weighted by molar-refractivity contribution is 7.99. The van der Waals surface area contributed by atoms with Crippen LogP contribution in [0.2, 0.25) is 0 Å². The summed E-state index contributed by atoms with van der Waals surface area (Å²) in [6.07, 6.45) is 0. The summed E-state index contributed by atoms with van der Waals surface area (Å²) >= 11 is 2.74. The van der Waals surface area contributed by atoms with Gasteiger partial charge in [0.25, 0.3) is 11.1 Å². The minimum atomic E-state index is -0.0378. The highest BCUT2D eigenvalue weighted by Crippen LogP contribution is 2.33. The van der Waals surface area contributed by atoms with E-state index >= 15 is 0 Å². The van der Waals surface area contributed by atoms with Gasteiger partial charge in [-0.2, -0.15) is 0 Å². The molecule has 6 nitrogen and oxygen atoms in total. The molecular weight excluding hydrogens is 336 g/mol. The summed E-state index contributed by atoms with van der Waals surface area (Å²) in [5, 5.41) is 10.3. The van der Waals surface area contributed by atoms with Gasteiger partial charge in [0.1, 0.15) is 0 Å². The predicted octanol–water partition coefficient (Wildman–Crippen LogP) is 3.50. The van der Waals surface area contributed by atoms with E-state index in [9.17, 15) is 4.79 Å². The molecule has 0 N–H and O–H groups in total. The molecule has 1 aromatic carbocycles. The van der Waals surface area contributed by atoms with E-state index < -0.39 is 0 Å². The van der Waals surface area contributed by atoms with Gasteiger partial charge in [-0.15, -0.1) is 21.5 Å². The lowest BCUT2D eigenvalue weighted by Gasteiger charge is -2.01. The highest BCUT2D eigenvalue weighted by atomic mass is 32.2. The Kier molecular flexibility index (Phi) is 3.76. The van der Waals surface area contributed by atoms with Crippen LogP contribution < -0.4 is 9.47 Å². The maximum Gasteiger partial charge on any atom is 0.277 e. The van der Waals surface area contributed by atoms with Crippen molar-refractivity contribution in [2.24, 2.45) is 0 Å². The normalized spacial score (nSPS) is 12.5. The van der Waals surface area contributed by atoms with Crippen molar-refractivity contribution >= 4 is 28.9 Å². The Bertz CT molecular complexity index is 845. The van der Waals surface area contributed by atoms with Gasteiger partial charge in [0, 0.05) is 5.56 Å². The number of benzene rings is 1. The van der Waals surface area contributed by atoms with E-state index in [1.807, 2.05) is 17.5 Å². The Morgan fingerprint density at radius 3 is 3.00 bits per heavy atom. The topological polar surface area (TPSA) is 74.5 Å². The molecule has 3 heterocycles. The number of aromatic nitrogens is 2. The van der Waals surface area contributed by atoms with E-state index in [4.69, 9.17) is 13.9 Å².